The van der Waals surface area contributed by atoms with Crippen molar-refractivity contribution in [3.8, 4) is 0 Å². The van der Waals surface area contributed by atoms with Gasteiger partial charge in [0.2, 0.25) is 0 Å². The average molecular weight is 418 g/mol. The largest absolute Gasteiger partial charge is 0.322 e. The van der Waals surface area contributed by atoms with Gasteiger partial charge in [-0.25, -0.2) is 4.98 Å². The molecule has 0 saturated carbocycles. The number of amides is 2. The Morgan fingerprint density at radius 1 is 0.867 bits per heavy atom. The van der Waals surface area contributed by atoms with Crippen molar-refractivity contribution in [2.75, 3.05) is 10.6 Å². The Morgan fingerprint density at radius 2 is 1.60 bits per heavy atom. The van der Waals surface area contributed by atoms with Gasteiger partial charge in [-0.3, -0.25) is 9.59 Å². The number of carbonyl (C=O) groups excluding carboxylic acids is 2. The number of fused-ring (bicyclic) bond motifs is 1. The van der Waals surface area contributed by atoms with Gasteiger partial charge in [0.15, 0.2) is 0 Å². The van der Waals surface area contributed by atoms with E-state index in [1.54, 1.807) is 30.5 Å². The van der Waals surface area contributed by atoms with Crippen LogP contribution in [0.15, 0.2) is 72.4 Å². The molecular weight excluding hydrogens is 398 g/mol. The number of nitrogens with one attached hydrogen (secondary N) is 2. The molecule has 1 aromatic heterocycles. The first-order valence-corrected chi connectivity index (χ1v) is 10.1. The molecule has 1 aliphatic rings. The topological polar surface area (TPSA) is 71.1 Å². The van der Waals surface area contributed by atoms with Crippen LogP contribution in [0.25, 0.3) is 6.08 Å². The number of halogens is 1. The standard InChI is InChI=1S/C24H20ClN3O2/c25-22-18(8-5-13-26-22)15-21(23(29)27-19-9-2-1-3-10-19)24(30)28-20-12-11-16-6-4-7-17(16)14-20/h1-3,5,8-15H,4,6-7H2,(H,27,29)(H,28,30)/b21-15+. The van der Waals surface area contributed by atoms with E-state index in [1.807, 2.05) is 36.4 Å². The summed E-state index contributed by atoms with van der Waals surface area (Å²) in [5.41, 5.74) is 4.23. The van der Waals surface area contributed by atoms with Crippen LogP contribution in [0, 0.1) is 0 Å². The second kappa shape index (κ2) is 8.93. The number of rotatable bonds is 5. The molecule has 0 unspecified atom stereocenters. The summed E-state index contributed by atoms with van der Waals surface area (Å²) in [4.78, 5) is 30.0. The van der Waals surface area contributed by atoms with Gasteiger partial charge in [-0.2, -0.15) is 0 Å². The SMILES string of the molecule is O=C(Nc1ccccc1)/C(=C\c1cccnc1Cl)C(=O)Nc1ccc2c(c1)CCC2. The second-order valence-electron chi connectivity index (χ2n) is 7.05. The summed E-state index contributed by atoms with van der Waals surface area (Å²) >= 11 is 6.14. The van der Waals surface area contributed by atoms with Crippen molar-refractivity contribution in [1.29, 1.82) is 0 Å². The van der Waals surface area contributed by atoms with Crippen LogP contribution in [-0.2, 0) is 22.4 Å². The molecule has 3 aromatic rings. The van der Waals surface area contributed by atoms with Crippen LogP contribution in [0.4, 0.5) is 11.4 Å². The van der Waals surface area contributed by atoms with E-state index in [9.17, 15) is 9.59 Å². The summed E-state index contributed by atoms with van der Waals surface area (Å²) in [5.74, 6) is -1.04. The number of aromatic nitrogens is 1. The number of pyridine rings is 1. The molecule has 0 aliphatic heterocycles. The van der Waals surface area contributed by atoms with E-state index in [0.717, 1.165) is 19.3 Å². The van der Waals surface area contributed by atoms with Crippen LogP contribution in [0.3, 0.4) is 0 Å². The van der Waals surface area contributed by atoms with Gasteiger partial charge in [-0.15, -0.1) is 0 Å². The van der Waals surface area contributed by atoms with Crippen LogP contribution in [0.2, 0.25) is 5.15 Å². The quantitative estimate of drug-likeness (QED) is 0.269. The van der Waals surface area contributed by atoms with Gasteiger partial charge in [0, 0.05) is 23.1 Å². The van der Waals surface area contributed by atoms with E-state index in [1.165, 1.54) is 17.2 Å². The minimum atomic E-state index is -0.528. The lowest BCUT2D eigenvalue weighted by molar-refractivity contribution is -0.118. The molecule has 0 radical (unpaired) electrons. The maximum atomic E-state index is 13.1. The minimum Gasteiger partial charge on any atom is -0.322 e. The monoisotopic (exact) mass is 417 g/mol. The summed E-state index contributed by atoms with van der Waals surface area (Å²) in [6.07, 6.45) is 6.19. The summed E-state index contributed by atoms with van der Waals surface area (Å²) in [7, 11) is 0. The normalized spacial score (nSPS) is 12.9. The molecule has 4 rings (SSSR count). The molecule has 2 N–H and O–H groups in total. The van der Waals surface area contributed by atoms with Crippen LogP contribution < -0.4 is 10.6 Å². The molecule has 5 nitrogen and oxygen atoms in total. The van der Waals surface area contributed by atoms with Crippen molar-refractivity contribution in [1.82, 2.24) is 4.98 Å². The Hall–Kier alpha value is -3.44. The lowest BCUT2D eigenvalue weighted by Crippen LogP contribution is -2.25. The maximum Gasteiger partial charge on any atom is 0.261 e. The zero-order valence-electron chi connectivity index (χ0n) is 16.2. The number of para-hydroxylation sites is 1. The fraction of sp³-hybridized carbons (Fsp3) is 0.125. The van der Waals surface area contributed by atoms with Crippen molar-refractivity contribution >= 4 is 40.9 Å². The van der Waals surface area contributed by atoms with Crippen LogP contribution in [0.5, 0.6) is 0 Å². The second-order valence-corrected chi connectivity index (χ2v) is 7.41. The molecule has 1 heterocycles. The zero-order valence-corrected chi connectivity index (χ0v) is 16.9. The van der Waals surface area contributed by atoms with Gasteiger partial charge >= 0.3 is 0 Å². The highest BCUT2D eigenvalue weighted by Gasteiger charge is 2.20. The number of aryl methyl sites for hydroxylation is 2. The summed E-state index contributed by atoms with van der Waals surface area (Å²) in [6.45, 7) is 0. The Kier molecular flexibility index (Phi) is 5.91. The number of carbonyl (C=O) groups is 2. The number of hydrogen-bond acceptors (Lipinski definition) is 3. The predicted octanol–water partition coefficient (Wildman–Crippen LogP) is 4.88. The van der Waals surface area contributed by atoms with E-state index >= 15 is 0 Å². The Morgan fingerprint density at radius 3 is 2.37 bits per heavy atom. The third kappa shape index (κ3) is 4.58. The molecule has 0 bridgehead atoms. The first-order chi connectivity index (χ1) is 14.6. The minimum absolute atomic E-state index is 0.0609. The van der Waals surface area contributed by atoms with E-state index in [0.29, 0.717) is 16.9 Å². The fourth-order valence-electron chi connectivity index (χ4n) is 3.46. The third-order valence-electron chi connectivity index (χ3n) is 4.97. The van der Waals surface area contributed by atoms with Gasteiger partial charge in [0.1, 0.15) is 10.7 Å². The van der Waals surface area contributed by atoms with Crippen molar-refractivity contribution in [2.45, 2.75) is 19.3 Å². The molecule has 2 aromatic carbocycles. The van der Waals surface area contributed by atoms with Gasteiger partial charge in [-0.1, -0.05) is 41.9 Å². The van der Waals surface area contributed by atoms with Crippen molar-refractivity contribution in [3.63, 3.8) is 0 Å². The summed E-state index contributed by atoms with van der Waals surface area (Å²) in [6, 6.07) is 18.2. The molecule has 0 spiro atoms. The molecule has 2 amide bonds. The average Bonchev–Trinajstić information content (AvgIpc) is 3.21. The smallest absolute Gasteiger partial charge is 0.261 e. The molecule has 30 heavy (non-hydrogen) atoms. The maximum absolute atomic E-state index is 13.1. The molecule has 150 valence electrons. The Bertz CT molecular complexity index is 1130. The van der Waals surface area contributed by atoms with Crippen LogP contribution >= 0.6 is 11.6 Å². The molecule has 0 fully saturated rings. The predicted molar refractivity (Wildman–Crippen MR) is 119 cm³/mol. The molecular formula is C24H20ClN3O2. The van der Waals surface area contributed by atoms with Gasteiger partial charge in [0.05, 0.1) is 0 Å². The van der Waals surface area contributed by atoms with E-state index in [-0.39, 0.29) is 10.7 Å². The molecule has 0 saturated heterocycles. The highest BCUT2D eigenvalue weighted by Crippen LogP contribution is 2.25. The van der Waals surface area contributed by atoms with E-state index in [4.69, 9.17) is 11.6 Å². The zero-order chi connectivity index (χ0) is 20.9. The first-order valence-electron chi connectivity index (χ1n) is 9.72. The Labute approximate surface area is 179 Å². The Balaban J connectivity index is 1.63. The van der Waals surface area contributed by atoms with Gasteiger partial charge in [-0.05, 0) is 66.8 Å². The van der Waals surface area contributed by atoms with Crippen LogP contribution in [-0.4, -0.2) is 16.8 Å². The lowest BCUT2D eigenvalue weighted by atomic mass is 10.1. The van der Waals surface area contributed by atoms with Crippen molar-refractivity contribution in [3.05, 3.63) is 94.3 Å². The fourth-order valence-corrected chi connectivity index (χ4v) is 3.64. The number of hydrogen-bond donors (Lipinski definition) is 2. The summed E-state index contributed by atoms with van der Waals surface area (Å²) < 4.78 is 0. The number of benzene rings is 2. The highest BCUT2D eigenvalue weighted by atomic mass is 35.5. The molecule has 6 heteroatoms. The van der Waals surface area contributed by atoms with Crippen LogP contribution in [0.1, 0.15) is 23.1 Å². The van der Waals surface area contributed by atoms with Crippen molar-refractivity contribution < 1.29 is 9.59 Å². The first kappa shape index (κ1) is 19.9. The van der Waals surface area contributed by atoms with Gasteiger partial charge in [0.25, 0.3) is 11.8 Å². The van der Waals surface area contributed by atoms with Gasteiger partial charge < -0.3 is 10.6 Å². The molecule has 1 aliphatic carbocycles. The summed E-state index contributed by atoms with van der Waals surface area (Å²) in [5, 5.41) is 5.82. The number of anilines is 2. The third-order valence-corrected chi connectivity index (χ3v) is 5.28. The lowest BCUT2D eigenvalue weighted by Gasteiger charge is -2.11. The highest BCUT2D eigenvalue weighted by molar-refractivity contribution is 6.32. The van der Waals surface area contributed by atoms with E-state index < -0.39 is 11.8 Å². The van der Waals surface area contributed by atoms with E-state index in [2.05, 4.69) is 15.6 Å². The number of nitrogens with zero attached hydrogens (tertiary/aromatic N) is 1. The van der Waals surface area contributed by atoms with Crippen molar-refractivity contribution in [2.24, 2.45) is 0 Å². The molecule has 0 atom stereocenters.